The van der Waals surface area contributed by atoms with Crippen molar-refractivity contribution in [3.05, 3.63) is 33.1 Å². The summed E-state index contributed by atoms with van der Waals surface area (Å²) in [5.41, 5.74) is -1.03. The highest BCUT2D eigenvalue weighted by Gasteiger charge is 2.33. The Kier molecular flexibility index (Phi) is 4.25. The Morgan fingerprint density at radius 3 is 2.76 bits per heavy atom. The number of hydrogen-bond donors (Lipinski definition) is 2. The van der Waals surface area contributed by atoms with Crippen molar-refractivity contribution in [2.45, 2.75) is 31.8 Å². The number of carbonyl (C=O) groups is 2. The smallest absolute Gasteiger partial charge is 0.331 e. The molecule has 1 aromatic rings. The maximum atomic E-state index is 11.9. The highest BCUT2D eigenvalue weighted by molar-refractivity contribution is 5.78. The normalized spacial score (nSPS) is 21.2. The predicted octanol–water partition coefficient (Wildman–Crippen LogP) is -1.08. The van der Waals surface area contributed by atoms with Gasteiger partial charge in [0.1, 0.15) is 6.54 Å². The quantitative estimate of drug-likeness (QED) is 0.734. The van der Waals surface area contributed by atoms with Crippen LogP contribution < -0.4 is 16.6 Å². The van der Waals surface area contributed by atoms with Crippen LogP contribution in [0.3, 0.4) is 0 Å². The molecular weight excluding hydrogens is 278 g/mol. The fraction of sp³-hybridized carbons (Fsp3) is 0.538. The molecule has 1 amide bonds. The first kappa shape index (κ1) is 15.0. The van der Waals surface area contributed by atoms with E-state index in [1.54, 1.807) is 0 Å². The largest absolute Gasteiger partial charge is 0.481 e. The lowest BCUT2D eigenvalue weighted by Gasteiger charge is -2.18. The maximum absolute atomic E-state index is 11.9. The molecule has 2 unspecified atom stereocenters. The van der Waals surface area contributed by atoms with Gasteiger partial charge >= 0.3 is 11.7 Å². The second-order valence-electron chi connectivity index (χ2n) is 5.17. The molecule has 1 aromatic heterocycles. The molecule has 2 N–H and O–H groups in total. The van der Waals surface area contributed by atoms with Crippen LogP contribution in [-0.2, 0) is 23.2 Å². The van der Waals surface area contributed by atoms with Crippen molar-refractivity contribution in [1.82, 2.24) is 14.5 Å². The van der Waals surface area contributed by atoms with Gasteiger partial charge in [0.15, 0.2) is 0 Å². The number of nitrogens with one attached hydrogen (secondary N) is 1. The molecule has 0 spiro atoms. The Bertz CT molecular complexity index is 675. The topological polar surface area (TPSA) is 110 Å². The first-order valence-corrected chi connectivity index (χ1v) is 6.69. The average molecular weight is 295 g/mol. The van der Waals surface area contributed by atoms with Gasteiger partial charge in [-0.25, -0.2) is 4.79 Å². The van der Waals surface area contributed by atoms with Crippen molar-refractivity contribution in [2.75, 3.05) is 0 Å². The number of aliphatic carboxylic acids is 1. The number of carbonyl (C=O) groups excluding carboxylic acids is 1. The van der Waals surface area contributed by atoms with E-state index in [1.807, 2.05) is 0 Å². The van der Waals surface area contributed by atoms with Gasteiger partial charge in [0.05, 0.1) is 5.92 Å². The average Bonchev–Trinajstić information content (AvgIpc) is 2.88. The number of carboxylic acid groups (broad SMARTS) is 1. The van der Waals surface area contributed by atoms with Gasteiger partial charge in [-0.05, 0) is 12.8 Å². The Balaban J connectivity index is 2.06. The zero-order valence-electron chi connectivity index (χ0n) is 11.6. The highest BCUT2D eigenvalue weighted by atomic mass is 16.4. The Labute approximate surface area is 120 Å². The van der Waals surface area contributed by atoms with E-state index in [2.05, 4.69) is 5.32 Å². The van der Waals surface area contributed by atoms with E-state index in [4.69, 9.17) is 5.11 Å². The van der Waals surface area contributed by atoms with Gasteiger partial charge < -0.3 is 10.4 Å². The lowest BCUT2D eigenvalue weighted by atomic mass is 10.0. The molecule has 1 heterocycles. The first-order chi connectivity index (χ1) is 9.90. The van der Waals surface area contributed by atoms with Gasteiger partial charge in [-0.2, -0.15) is 0 Å². The molecule has 8 heteroatoms. The second-order valence-corrected chi connectivity index (χ2v) is 5.17. The van der Waals surface area contributed by atoms with Gasteiger partial charge in [0.25, 0.3) is 5.56 Å². The van der Waals surface area contributed by atoms with E-state index >= 15 is 0 Å². The fourth-order valence-electron chi connectivity index (χ4n) is 2.57. The van der Waals surface area contributed by atoms with Crippen molar-refractivity contribution in [2.24, 2.45) is 13.0 Å². The molecule has 0 aliphatic heterocycles. The minimum Gasteiger partial charge on any atom is -0.481 e. The Hall–Kier alpha value is -2.38. The zero-order chi connectivity index (χ0) is 15.6. The zero-order valence-corrected chi connectivity index (χ0v) is 11.6. The predicted molar refractivity (Wildman–Crippen MR) is 72.9 cm³/mol. The van der Waals surface area contributed by atoms with Crippen LogP contribution in [0.1, 0.15) is 19.3 Å². The summed E-state index contributed by atoms with van der Waals surface area (Å²) in [6.07, 6.45) is 3.17. The number of carboxylic acids is 1. The van der Waals surface area contributed by atoms with E-state index in [0.29, 0.717) is 12.8 Å². The molecule has 1 saturated carbocycles. The van der Waals surface area contributed by atoms with E-state index in [0.717, 1.165) is 15.6 Å². The molecule has 0 aromatic carbocycles. The van der Waals surface area contributed by atoms with Crippen molar-refractivity contribution in [1.29, 1.82) is 0 Å². The highest BCUT2D eigenvalue weighted by Crippen LogP contribution is 2.25. The molecule has 114 valence electrons. The second kappa shape index (κ2) is 5.94. The molecule has 2 atom stereocenters. The van der Waals surface area contributed by atoms with Crippen molar-refractivity contribution in [3.63, 3.8) is 0 Å². The van der Waals surface area contributed by atoms with Crippen molar-refractivity contribution < 1.29 is 14.7 Å². The third kappa shape index (κ3) is 3.21. The summed E-state index contributed by atoms with van der Waals surface area (Å²) in [6.45, 7) is -0.240. The number of hydrogen-bond acceptors (Lipinski definition) is 4. The number of amides is 1. The summed E-state index contributed by atoms with van der Waals surface area (Å²) < 4.78 is 2.02. The molecule has 0 saturated heterocycles. The van der Waals surface area contributed by atoms with Crippen LogP contribution in [0.25, 0.3) is 0 Å². The summed E-state index contributed by atoms with van der Waals surface area (Å²) in [5, 5.41) is 11.7. The van der Waals surface area contributed by atoms with E-state index < -0.39 is 35.1 Å². The Morgan fingerprint density at radius 2 is 2.10 bits per heavy atom. The third-order valence-corrected chi connectivity index (χ3v) is 3.75. The molecule has 1 aliphatic rings. The van der Waals surface area contributed by atoms with Gasteiger partial charge in [0, 0.05) is 25.4 Å². The molecule has 0 radical (unpaired) electrons. The van der Waals surface area contributed by atoms with E-state index in [1.165, 1.54) is 19.3 Å². The van der Waals surface area contributed by atoms with Crippen LogP contribution in [0.4, 0.5) is 0 Å². The Morgan fingerprint density at radius 1 is 1.38 bits per heavy atom. The number of nitrogens with zero attached hydrogens (tertiary/aromatic N) is 2. The minimum atomic E-state index is -0.919. The molecule has 0 bridgehead atoms. The molecular formula is C13H17N3O5. The lowest BCUT2D eigenvalue weighted by molar-refractivity contribution is -0.142. The third-order valence-electron chi connectivity index (χ3n) is 3.75. The van der Waals surface area contributed by atoms with Gasteiger partial charge in [-0.15, -0.1) is 0 Å². The fourth-order valence-corrected chi connectivity index (χ4v) is 2.57. The van der Waals surface area contributed by atoms with E-state index in [9.17, 15) is 19.2 Å². The van der Waals surface area contributed by atoms with Crippen molar-refractivity contribution >= 4 is 11.9 Å². The maximum Gasteiger partial charge on any atom is 0.331 e. The summed E-state index contributed by atoms with van der Waals surface area (Å²) in [7, 11) is 1.33. The summed E-state index contributed by atoms with van der Waals surface area (Å²) >= 11 is 0. The summed E-state index contributed by atoms with van der Waals surface area (Å²) in [4.78, 5) is 46.0. The molecule has 21 heavy (non-hydrogen) atoms. The number of rotatable bonds is 4. The van der Waals surface area contributed by atoms with E-state index in [-0.39, 0.29) is 6.54 Å². The standard InChI is InChI=1S/C13H17N3O5/c1-15-11(18)5-6-16(13(15)21)7-10(17)14-9-4-2-3-8(9)12(19)20/h5-6,8-9H,2-4,7H2,1H3,(H,14,17)(H,19,20). The van der Waals surface area contributed by atoms with Crippen LogP contribution in [0.2, 0.25) is 0 Å². The molecule has 1 fully saturated rings. The summed E-state index contributed by atoms with van der Waals surface area (Å²) in [6, 6.07) is 0.794. The van der Waals surface area contributed by atoms with Gasteiger partial charge in [-0.1, -0.05) is 6.42 Å². The molecule has 2 rings (SSSR count). The van der Waals surface area contributed by atoms with Crippen molar-refractivity contribution in [3.8, 4) is 0 Å². The van der Waals surface area contributed by atoms with Gasteiger partial charge in [-0.3, -0.25) is 23.5 Å². The SMILES string of the molecule is Cn1c(=O)ccn(CC(=O)NC2CCCC2C(=O)O)c1=O. The summed E-state index contributed by atoms with van der Waals surface area (Å²) in [5.74, 6) is -1.93. The van der Waals surface area contributed by atoms with Crippen LogP contribution in [0.5, 0.6) is 0 Å². The van der Waals surface area contributed by atoms with Crippen LogP contribution in [0.15, 0.2) is 21.9 Å². The van der Waals surface area contributed by atoms with Crippen LogP contribution in [0, 0.1) is 5.92 Å². The molecule has 1 aliphatic carbocycles. The van der Waals surface area contributed by atoms with Crippen LogP contribution >= 0.6 is 0 Å². The first-order valence-electron chi connectivity index (χ1n) is 6.69. The van der Waals surface area contributed by atoms with Gasteiger partial charge in [0.2, 0.25) is 5.91 Å². The minimum absolute atomic E-state index is 0.240. The number of aromatic nitrogens is 2. The monoisotopic (exact) mass is 295 g/mol. The lowest BCUT2D eigenvalue weighted by Crippen LogP contribution is -2.44. The molecule has 8 nitrogen and oxygen atoms in total. The van der Waals surface area contributed by atoms with Crippen LogP contribution in [-0.4, -0.2) is 32.2 Å².